The first-order valence-corrected chi connectivity index (χ1v) is 13.8. The molecule has 3 heterocycles. The fourth-order valence-corrected chi connectivity index (χ4v) is 4.60. The van der Waals surface area contributed by atoms with E-state index in [-0.39, 0.29) is 17.2 Å². The summed E-state index contributed by atoms with van der Waals surface area (Å²) >= 11 is 0. The molecule has 0 saturated carbocycles. The van der Waals surface area contributed by atoms with Crippen LogP contribution in [0.15, 0.2) is 82.5 Å². The van der Waals surface area contributed by atoms with Crippen molar-refractivity contribution in [2.45, 2.75) is 6.04 Å². The lowest BCUT2D eigenvalue weighted by Crippen LogP contribution is -2.28. The molecule has 0 fully saturated rings. The molecule has 220 valence electrons. The van der Waals surface area contributed by atoms with Crippen LogP contribution in [0.2, 0.25) is 0 Å². The Kier molecular flexibility index (Phi) is 10.00. The number of rotatable bonds is 9. The number of hydrogen-bond donors (Lipinski definition) is 2. The third kappa shape index (κ3) is 7.17. The number of hydrogen-bond acceptors (Lipinski definition) is 9. The highest BCUT2D eigenvalue weighted by Gasteiger charge is 2.15. The van der Waals surface area contributed by atoms with Gasteiger partial charge in [0.1, 0.15) is 5.52 Å². The largest absolute Gasteiger partial charge is 0.366 e. The summed E-state index contributed by atoms with van der Waals surface area (Å²) in [5.41, 5.74) is 1.66. The zero-order chi connectivity index (χ0) is 30.2. The van der Waals surface area contributed by atoms with Gasteiger partial charge < -0.3 is 20.4 Å². The van der Waals surface area contributed by atoms with E-state index in [1.54, 1.807) is 32.4 Å². The number of benzene rings is 2. The number of nitrogens with one attached hydrogen (secondary N) is 2. The third-order valence-electron chi connectivity index (χ3n) is 6.88. The maximum absolute atomic E-state index is 12.2. The third-order valence-corrected chi connectivity index (χ3v) is 6.88. The van der Waals surface area contributed by atoms with E-state index in [1.165, 1.54) is 14.9 Å². The van der Waals surface area contributed by atoms with Crippen molar-refractivity contribution >= 4 is 33.3 Å². The Morgan fingerprint density at radius 1 is 0.738 bits per heavy atom. The van der Waals surface area contributed by atoms with Gasteiger partial charge in [-0.3, -0.25) is 14.6 Å². The zero-order valence-electron chi connectivity index (χ0n) is 25.1. The zero-order valence-corrected chi connectivity index (χ0v) is 25.1. The molecule has 5 rings (SSSR count). The second kappa shape index (κ2) is 13.8. The summed E-state index contributed by atoms with van der Waals surface area (Å²) in [5.74, 6) is 1.38. The maximum atomic E-state index is 12.2. The monoisotopic (exact) mass is 569 g/mol. The molecule has 2 aromatic carbocycles. The second-order valence-corrected chi connectivity index (χ2v) is 10.5. The molecule has 5 aromatic rings. The summed E-state index contributed by atoms with van der Waals surface area (Å²) in [6.07, 6.45) is 1.67. The van der Waals surface area contributed by atoms with Crippen LogP contribution in [0.25, 0.3) is 21.7 Å². The van der Waals surface area contributed by atoms with Crippen molar-refractivity contribution < 1.29 is 0 Å². The van der Waals surface area contributed by atoms with Crippen molar-refractivity contribution in [3.63, 3.8) is 0 Å². The van der Waals surface area contributed by atoms with Crippen LogP contribution in [-0.2, 0) is 14.1 Å². The molecule has 11 nitrogen and oxygen atoms in total. The van der Waals surface area contributed by atoms with Crippen molar-refractivity contribution in [3.8, 4) is 0 Å². The van der Waals surface area contributed by atoms with Crippen molar-refractivity contribution in [1.29, 1.82) is 0 Å². The molecule has 1 unspecified atom stereocenters. The van der Waals surface area contributed by atoms with Crippen LogP contribution in [0.4, 0.5) is 11.6 Å². The Hall–Kier alpha value is -4.61. The fraction of sp³-hybridized carbons (Fsp3) is 0.323. The van der Waals surface area contributed by atoms with Gasteiger partial charge in [0.2, 0.25) is 0 Å². The highest BCUT2D eigenvalue weighted by molar-refractivity contribution is 5.91. The number of nitrogens with zero attached hydrogens (tertiary/aromatic N) is 7. The van der Waals surface area contributed by atoms with E-state index in [0.29, 0.717) is 28.7 Å². The van der Waals surface area contributed by atoms with E-state index in [4.69, 9.17) is 0 Å². The molecule has 0 spiro atoms. The van der Waals surface area contributed by atoms with Gasteiger partial charge in [-0.1, -0.05) is 48.5 Å². The molecule has 0 bridgehead atoms. The molecule has 0 amide bonds. The Bertz CT molecular complexity index is 1750. The standard InChI is InChI=1S/C19H22N4O.C12H17N5O/c1-22(2)17(14-9-5-4-6-10-14)13-20-18-15-11-7-8-12-16(15)19(24)23(3)21-18;1-16(2)8-7-14-11-10-9(5-4-6-13-10)12(18)17(3)15-11/h4-12,17H,13H2,1-3H3,(H,20,21);4-6H,7-8H2,1-3H3,(H,14,15). The average Bonchev–Trinajstić information content (AvgIpc) is 2.99. The number of pyridine rings is 1. The Balaban J connectivity index is 0.000000201. The number of anilines is 2. The lowest BCUT2D eigenvalue weighted by atomic mass is 10.1. The minimum Gasteiger partial charge on any atom is -0.366 e. The molecule has 0 radical (unpaired) electrons. The molecule has 0 aliphatic carbocycles. The maximum Gasteiger partial charge on any atom is 0.276 e. The van der Waals surface area contributed by atoms with Gasteiger partial charge in [0.05, 0.1) is 16.8 Å². The summed E-state index contributed by atoms with van der Waals surface area (Å²) in [5, 5.41) is 17.4. The smallest absolute Gasteiger partial charge is 0.276 e. The van der Waals surface area contributed by atoms with Crippen LogP contribution in [0.5, 0.6) is 0 Å². The molecular formula is C31H39N9O2. The lowest BCUT2D eigenvalue weighted by Gasteiger charge is -2.25. The van der Waals surface area contributed by atoms with Gasteiger partial charge in [-0.25, -0.2) is 9.36 Å². The van der Waals surface area contributed by atoms with Gasteiger partial charge in [0.15, 0.2) is 11.6 Å². The molecular weight excluding hydrogens is 530 g/mol. The topological polar surface area (TPSA) is 113 Å². The van der Waals surface area contributed by atoms with Gasteiger partial charge in [-0.05, 0) is 52.0 Å². The van der Waals surface area contributed by atoms with Gasteiger partial charge in [-0.15, -0.1) is 0 Å². The van der Waals surface area contributed by atoms with Crippen LogP contribution in [0, 0.1) is 0 Å². The molecule has 0 saturated heterocycles. The first-order chi connectivity index (χ1) is 20.2. The van der Waals surface area contributed by atoms with Gasteiger partial charge in [-0.2, -0.15) is 10.2 Å². The predicted molar refractivity (Wildman–Crippen MR) is 170 cm³/mol. The van der Waals surface area contributed by atoms with Crippen LogP contribution >= 0.6 is 0 Å². The van der Waals surface area contributed by atoms with E-state index >= 15 is 0 Å². The molecule has 3 aromatic heterocycles. The van der Waals surface area contributed by atoms with Gasteiger partial charge >= 0.3 is 0 Å². The summed E-state index contributed by atoms with van der Waals surface area (Å²) in [6, 6.07) is 21.7. The molecule has 0 aliphatic heterocycles. The quantitative estimate of drug-likeness (QED) is 0.277. The predicted octanol–water partition coefficient (Wildman–Crippen LogP) is 2.95. The minimum absolute atomic E-state index is 0.0802. The Morgan fingerprint density at radius 3 is 2.00 bits per heavy atom. The normalized spacial score (nSPS) is 11.9. The average molecular weight is 570 g/mol. The van der Waals surface area contributed by atoms with Crippen molar-refractivity contribution in [2.24, 2.45) is 14.1 Å². The van der Waals surface area contributed by atoms with Crippen LogP contribution in [0.1, 0.15) is 11.6 Å². The lowest BCUT2D eigenvalue weighted by molar-refractivity contribution is 0.311. The second-order valence-electron chi connectivity index (χ2n) is 10.5. The summed E-state index contributed by atoms with van der Waals surface area (Å²) in [6.45, 7) is 2.34. The van der Waals surface area contributed by atoms with Crippen molar-refractivity contribution in [1.82, 2.24) is 34.3 Å². The molecule has 0 aliphatic rings. The highest BCUT2D eigenvalue weighted by atomic mass is 16.1. The van der Waals surface area contributed by atoms with Crippen LogP contribution in [0.3, 0.4) is 0 Å². The first kappa shape index (κ1) is 30.4. The van der Waals surface area contributed by atoms with Crippen LogP contribution < -0.4 is 21.8 Å². The molecule has 11 heteroatoms. The number of aromatic nitrogens is 5. The number of aryl methyl sites for hydroxylation is 2. The molecule has 1 atom stereocenters. The highest BCUT2D eigenvalue weighted by Crippen LogP contribution is 2.22. The van der Waals surface area contributed by atoms with E-state index in [9.17, 15) is 9.59 Å². The summed E-state index contributed by atoms with van der Waals surface area (Å²) in [7, 11) is 11.5. The molecule has 42 heavy (non-hydrogen) atoms. The fourth-order valence-electron chi connectivity index (χ4n) is 4.60. The van der Waals surface area contributed by atoms with Crippen molar-refractivity contribution in [3.05, 3.63) is 99.2 Å². The van der Waals surface area contributed by atoms with E-state index in [0.717, 1.165) is 24.3 Å². The van der Waals surface area contributed by atoms with Crippen LogP contribution in [-0.4, -0.2) is 82.2 Å². The van der Waals surface area contributed by atoms with Gasteiger partial charge in [0.25, 0.3) is 11.1 Å². The van der Waals surface area contributed by atoms with E-state index in [2.05, 4.69) is 61.8 Å². The molecule has 2 N–H and O–H groups in total. The van der Waals surface area contributed by atoms with E-state index in [1.807, 2.05) is 56.6 Å². The first-order valence-electron chi connectivity index (χ1n) is 13.8. The SMILES string of the molecule is CN(C)C(CNc1nn(C)c(=O)c2ccccc12)c1ccccc1.CN(C)CCNc1nn(C)c(=O)c2cccnc12. The summed E-state index contributed by atoms with van der Waals surface area (Å²) < 4.78 is 2.72. The van der Waals surface area contributed by atoms with E-state index < -0.39 is 0 Å². The van der Waals surface area contributed by atoms with Gasteiger partial charge in [0, 0.05) is 45.3 Å². The van der Waals surface area contributed by atoms with Crippen molar-refractivity contribution in [2.75, 3.05) is 58.5 Å². The number of fused-ring (bicyclic) bond motifs is 2. The number of likely N-dealkylation sites (N-methyl/N-ethyl adjacent to an activating group) is 2. The summed E-state index contributed by atoms with van der Waals surface area (Å²) in [4.78, 5) is 32.6. The Morgan fingerprint density at radius 2 is 1.33 bits per heavy atom. The Labute approximate surface area is 245 Å². The minimum atomic E-state index is -0.128.